The smallest absolute Gasteiger partial charge is 0.251 e. The second-order valence-electron chi connectivity index (χ2n) is 2.87. The van der Waals surface area contributed by atoms with Crippen LogP contribution in [0, 0.1) is 0 Å². The van der Waals surface area contributed by atoms with Crippen LogP contribution in [0.15, 0.2) is 35.8 Å². The highest BCUT2D eigenvalue weighted by Crippen LogP contribution is 2.36. The summed E-state index contributed by atoms with van der Waals surface area (Å²) in [6.07, 6.45) is -3.25. The zero-order chi connectivity index (χ0) is 10.9. The molecule has 0 unspecified atom stereocenters. The molecule has 2 heterocycles. The normalized spacial score (nSPS) is 11.7. The van der Waals surface area contributed by atoms with Gasteiger partial charge in [0.25, 0.3) is 0 Å². The molecule has 0 aromatic carbocycles. The Bertz CT molecular complexity index is 448. The first kappa shape index (κ1) is 10.2. The lowest BCUT2D eigenvalue weighted by atomic mass is 10.1. The maximum Gasteiger partial charge on any atom is 0.433 e. The van der Waals surface area contributed by atoms with Gasteiger partial charge in [0.2, 0.25) is 0 Å². The van der Waals surface area contributed by atoms with E-state index in [0.717, 1.165) is 6.20 Å². The van der Waals surface area contributed by atoms with Crippen LogP contribution in [0.1, 0.15) is 5.69 Å². The van der Waals surface area contributed by atoms with Gasteiger partial charge in [0.15, 0.2) is 5.69 Å². The molecule has 2 rings (SSSR count). The fraction of sp³-hybridized carbons (Fsp3) is 0.100. The number of pyridine rings is 1. The molecule has 0 aliphatic rings. The number of hydrogen-bond donors (Lipinski definition) is 0. The summed E-state index contributed by atoms with van der Waals surface area (Å²) in [5.41, 5.74) is -0.688. The van der Waals surface area contributed by atoms with E-state index in [1.54, 1.807) is 17.5 Å². The molecule has 0 fully saturated rings. The summed E-state index contributed by atoms with van der Waals surface area (Å²) < 4.78 is 37.7. The van der Waals surface area contributed by atoms with Crippen LogP contribution in [-0.4, -0.2) is 4.98 Å². The van der Waals surface area contributed by atoms with E-state index < -0.39 is 11.9 Å². The Morgan fingerprint density at radius 2 is 1.93 bits per heavy atom. The average Bonchev–Trinajstić information content (AvgIpc) is 2.69. The summed E-state index contributed by atoms with van der Waals surface area (Å²) in [5.74, 6) is 0. The summed E-state index contributed by atoms with van der Waals surface area (Å²) in [6, 6.07) is 6.30. The molecule has 2 aromatic rings. The Labute approximate surface area is 88.2 Å². The van der Waals surface area contributed by atoms with Crippen LogP contribution < -0.4 is 0 Å². The van der Waals surface area contributed by atoms with Gasteiger partial charge < -0.3 is 0 Å². The summed E-state index contributed by atoms with van der Waals surface area (Å²) in [6.45, 7) is 0. The minimum Gasteiger partial charge on any atom is -0.251 e. The fourth-order valence-corrected chi connectivity index (χ4v) is 2.01. The number of aromatic nitrogens is 1. The van der Waals surface area contributed by atoms with Crippen LogP contribution >= 0.6 is 11.3 Å². The Hall–Kier alpha value is -1.36. The van der Waals surface area contributed by atoms with Gasteiger partial charge in [-0.05, 0) is 23.6 Å². The van der Waals surface area contributed by atoms with Gasteiger partial charge in [0.05, 0.1) is 0 Å². The monoisotopic (exact) mass is 229 g/mol. The number of nitrogens with zero attached hydrogens (tertiary/aromatic N) is 1. The highest BCUT2D eigenvalue weighted by molar-refractivity contribution is 7.13. The molecule has 15 heavy (non-hydrogen) atoms. The summed E-state index contributed by atoms with van der Waals surface area (Å²) >= 11 is 1.27. The van der Waals surface area contributed by atoms with E-state index in [4.69, 9.17) is 0 Å². The summed E-state index contributed by atoms with van der Waals surface area (Å²) in [4.78, 5) is 3.97. The molecule has 0 N–H and O–H groups in total. The first-order valence-corrected chi connectivity index (χ1v) is 5.03. The Morgan fingerprint density at radius 3 is 2.53 bits per heavy atom. The maximum absolute atomic E-state index is 12.6. The highest BCUT2D eigenvalue weighted by atomic mass is 32.1. The zero-order valence-electron chi connectivity index (χ0n) is 7.45. The van der Waals surface area contributed by atoms with Gasteiger partial charge in [-0.3, -0.25) is 4.98 Å². The number of halogens is 3. The minimum absolute atomic E-state index is 0.139. The van der Waals surface area contributed by atoms with Crippen molar-refractivity contribution in [2.24, 2.45) is 0 Å². The molecule has 0 spiro atoms. The molecule has 0 amide bonds. The van der Waals surface area contributed by atoms with Crippen LogP contribution in [0.4, 0.5) is 13.2 Å². The lowest BCUT2D eigenvalue weighted by molar-refractivity contribution is -0.140. The predicted octanol–water partition coefficient (Wildman–Crippen LogP) is 3.83. The van der Waals surface area contributed by atoms with Gasteiger partial charge in [-0.25, -0.2) is 0 Å². The largest absolute Gasteiger partial charge is 0.433 e. The molecule has 0 radical (unpaired) electrons. The molecule has 0 aliphatic heterocycles. The molecular formula is C10H6F3NS. The Morgan fingerprint density at radius 1 is 1.13 bits per heavy atom. The lowest BCUT2D eigenvalue weighted by Gasteiger charge is -2.09. The first-order valence-electron chi connectivity index (χ1n) is 4.15. The van der Waals surface area contributed by atoms with Crippen LogP contribution in [0.5, 0.6) is 0 Å². The van der Waals surface area contributed by atoms with E-state index in [1.807, 2.05) is 0 Å². The van der Waals surface area contributed by atoms with Crippen molar-refractivity contribution in [2.45, 2.75) is 6.18 Å². The molecule has 78 valence electrons. The summed E-state index contributed by atoms with van der Waals surface area (Å²) in [5, 5.41) is 1.74. The Kier molecular flexibility index (Phi) is 2.48. The molecule has 0 bridgehead atoms. The standard InChI is InChI=1S/C10H6F3NS/c11-10(12,13)9-7(3-1-5-14-9)8-4-2-6-15-8/h1-6H. The lowest BCUT2D eigenvalue weighted by Crippen LogP contribution is -2.09. The van der Waals surface area contributed by atoms with Gasteiger partial charge in [-0.2, -0.15) is 13.2 Å². The van der Waals surface area contributed by atoms with Gasteiger partial charge in [-0.1, -0.05) is 6.07 Å². The van der Waals surface area contributed by atoms with Crippen molar-refractivity contribution < 1.29 is 13.2 Å². The number of rotatable bonds is 1. The zero-order valence-corrected chi connectivity index (χ0v) is 8.27. The van der Waals surface area contributed by atoms with Crippen molar-refractivity contribution in [2.75, 3.05) is 0 Å². The van der Waals surface area contributed by atoms with E-state index in [2.05, 4.69) is 4.98 Å². The SMILES string of the molecule is FC(F)(F)c1ncccc1-c1cccs1. The minimum atomic E-state index is -4.40. The Balaban J connectivity index is 2.58. The van der Waals surface area contributed by atoms with E-state index in [0.29, 0.717) is 4.88 Å². The third kappa shape index (κ3) is 2.02. The van der Waals surface area contributed by atoms with Gasteiger partial charge >= 0.3 is 6.18 Å². The van der Waals surface area contributed by atoms with Crippen LogP contribution in [-0.2, 0) is 6.18 Å². The second kappa shape index (κ2) is 3.66. The van der Waals surface area contributed by atoms with E-state index >= 15 is 0 Å². The van der Waals surface area contributed by atoms with Crippen LogP contribution in [0.2, 0.25) is 0 Å². The van der Waals surface area contributed by atoms with Crippen molar-refractivity contribution in [3.05, 3.63) is 41.5 Å². The van der Waals surface area contributed by atoms with Gasteiger partial charge in [-0.15, -0.1) is 11.3 Å². The number of hydrogen-bond acceptors (Lipinski definition) is 2. The number of alkyl halides is 3. The molecule has 0 saturated carbocycles. The molecular weight excluding hydrogens is 223 g/mol. The van der Waals surface area contributed by atoms with Crippen molar-refractivity contribution in [1.82, 2.24) is 4.98 Å². The van der Waals surface area contributed by atoms with E-state index in [9.17, 15) is 13.2 Å². The van der Waals surface area contributed by atoms with Crippen molar-refractivity contribution in [3.63, 3.8) is 0 Å². The average molecular weight is 229 g/mol. The molecule has 2 aromatic heterocycles. The molecule has 5 heteroatoms. The quantitative estimate of drug-likeness (QED) is 0.724. The first-order chi connectivity index (χ1) is 7.09. The third-order valence-electron chi connectivity index (χ3n) is 1.86. The van der Waals surface area contributed by atoms with E-state index in [-0.39, 0.29) is 5.56 Å². The van der Waals surface area contributed by atoms with Gasteiger partial charge in [0.1, 0.15) is 0 Å². The van der Waals surface area contributed by atoms with Crippen molar-refractivity contribution >= 4 is 11.3 Å². The highest BCUT2D eigenvalue weighted by Gasteiger charge is 2.35. The van der Waals surface area contributed by atoms with Crippen molar-refractivity contribution in [1.29, 1.82) is 0 Å². The summed E-state index contributed by atoms with van der Waals surface area (Å²) in [7, 11) is 0. The second-order valence-corrected chi connectivity index (χ2v) is 3.82. The third-order valence-corrected chi connectivity index (χ3v) is 2.77. The molecule has 0 aliphatic carbocycles. The molecule has 1 nitrogen and oxygen atoms in total. The van der Waals surface area contributed by atoms with E-state index in [1.165, 1.54) is 23.5 Å². The van der Waals surface area contributed by atoms with Crippen molar-refractivity contribution in [3.8, 4) is 10.4 Å². The van der Waals surface area contributed by atoms with Crippen LogP contribution in [0.3, 0.4) is 0 Å². The topological polar surface area (TPSA) is 12.9 Å². The molecule has 0 saturated heterocycles. The maximum atomic E-state index is 12.6. The number of thiophene rings is 1. The predicted molar refractivity (Wildman–Crippen MR) is 52.6 cm³/mol. The van der Waals surface area contributed by atoms with Crippen LogP contribution in [0.25, 0.3) is 10.4 Å². The molecule has 0 atom stereocenters. The fourth-order valence-electron chi connectivity index (χ4n) is 1.26. The van der Waals surface area contributed by atoms with Gasteiger partial charge in [0, 0.05) is 16.6 Å².